The first-order chi connectivity index (χ1) is 9.51. The average molecular weight is 282 g/mol. The lowest BCUT2D eigenvalue weighted by Gasteiger charge is -2.42. The van der Waals surface area contributed by atoms with Gasteiger partial charge in [-0.05, 0) is 38.0 Å². The van der Waals surface area contributed by atoms with Crippen LogP contribution in [0.1, 0.15) is 57.8 Å². The number of rotatable bonds is 5. The Balaban J connectivity index is 1.81. The molecule has 0 saturated heterocycles. The second-order valence-electron chi connectivity index (χ2n) is 6.52. The van der Waals surface area contributed by atoms with E-state index >= 15 is 0 Å². The molecule has 0 bridgehead atoms. The van der Waals surface area contributed by atoms with E-state index in [1.54, 1.807) is 4.90 Å². The fourth-order valence-electron chi connectivity index (χ4n) is 3.40. The van der Waals surface area contributed by atoms with Gasteiger partial charge >= 0.3 is 12.0 Å². The van der Waals surface area contributed by atoms with Gasteiger partial charge in [-0.25, -0.2) is 4.79 Å². The molecule has 0 aromatic carbocycles. The molecule has 0 radical (unpaired) electrons. The summed E-state index contributed by atoms with van der Waals surface area (Å²) >= 11 is 0. The fourth-order valence-corrected chi connectivity index (χ4v) is 3.40. The summed E-state index contributed by atoms with van der Waals surface area (Å²) in [6.07, 6.45) is 8.86. The first-order valence-electron chi connectivity index (χ1n) is 7.76. The van der Waals surface area contributed by atoms with Crippen molar-refractivity contribution in [1.82, 2.24) is 10.2 Å². The third kappa shape index (κ3) is 3.87. The second kappa shape index (κ2) is 6.46. The van der Waals surface area contributed by atoms with Gasteiger partial charge in [0.15, 0.2) is 0 Å². The van der Waals surface area contributed by atoms with E-state index in [0.29, 0.717) is 5.92 Å². The predicted molar refractivity (Wildman–Crippen MR) is 76.6 cm³/mol. The second-order valence-corrected chi connectivity index (χ2v) is 6.52. The van der Waals surface area contributed by atoms with E-state index in [0.717, 1.165) is 25.8 Å². The van der Waals surface area contributed by atoms with Crippen molar-refractivity contribution in [1.29, 1.82) is 0 Å². The molecule has 2 N–H and O–H groups in total. The number of urea groups is 1. The van der Waals surface area contributed by atoms with Gasteiger partial charge in [0.2, 0.25) is 0 Å². The molecule has 20 heavy (non-hydrogen) atoms. The Morgan fingerprint density at radius 1 is 1.20 bits per heavy atom. The summed E-state index contributed by atoms with van der Waals surface area (Å²) in [5.74, 6) is -0.226. The molecule has 0 atom stereocenters. The van der Waals surface area contributed by atoms with Crippen molar-refractivity contribution in [2.24, 2.45) is 5.92 Å². The van der Waals surface area contributed by atoms with Gasteiger partial charge in [-0.15, -0.1) is 0 Å². The molecule has 2 saturated carbocycles. The molecule has 5 nitrogen and oxygen atoms in total. The number of amides is 2. The fraction of sp³-hybridized carbons (Fsp3) is 0.867. The van der Waals surface area contributed by atoms with E-state index in [1.807, 2.05) is 7.05 Å². The van der Waals surface area contributed by atoms with Crippen LogP contribution in [0, 0.1) is 5.92 Å². The lowest BCUT2D eigenvalue weighted by atomic mass is 9.74. The standard InChI is InChI=1S/C15H26N2O3/c1-17(11-12-6-3-2-4-7-12)14(20)16-15(8-5-9-15)10-13(18)19/h12H,2-11H2,1H3,(H,16,20)(H,18,19). The van der Waals surface area contributed by atoms with Crippen molar-refractivity contribution in [3.8, 4) is 0 Å². The number of hydrogen-bond acceptors (Lipinski definition) is 2. The number of nitrogens with zero attached hydrogens (tertiary/aromatic N) is 1. The van der Waals surface area contributed by atoms with Gasteiger partial charge in [-0.1, -0.05) is 19.3 Å². The lowest BCUT2D eigenvalue weighted by molar-refractivity contribution is -0.139. The monoisotopic (exact) mass is 282 g/mol. The Hall–Kier alpha value is -1.26. The highest BCUT2D eigenvalue weighted by Crippen LogP contribution is 2.35. The first kappa shape index (κ1) is 15.1. The van der Waals surface area contributed by atoms with Crippen LogP contribution in [-0.4, -0.2) is 41.1 Å². The molecule has 114 valence electrons. The summed E-state index contributed by atoms with van der Waals surface area (Å²) in [7, 11) is 1.82. The predicted octanol–water partition coefficient (Wildman–Crippen LogP) is 2.61. The zero-order valence-corrected chi connectivity index (χ0v) is 12.4. The molecule has 0 aliphatic heterocycles. The minimum Gasteiger partial charge on any atom is -0.481 e. The summed E-state index contributed by atoms with van der Waals surface area (Å²) in [6, 6.07) is -0.114. The van der Waals surface area contributed by atoms with Gasteiger partial charge in [0.05, 0.1) is 12.0 Å². The molecule has 0 unspecified atom stereocenters. The first-order valence-corrected chi connectivity index (χ1v) is 7.76. The average Bonchev–Trinajstić information content (AvgIpc) is 2.36. The van der Waals surface area contributed by atoms with Gasteiger partial charge in [0, 0.05) is 13.6 Å². The molecule has 2 fully saturated rings. The molecule has 5 heteroatoms. The van der Waals surface area contributed by atoms with Crippen LogP contribution in [0.4, 0.5) is 4.79 Å². The molecule has 2 amide bonds. The molecule has 2 aliphatic carbocycles. The quantitative estimate of drug-likeness (QED) is 0.814. The van der Waals surface area contributed by atoms with E-state index in [-0.39, 0.29) is 12.5 Å². The zero-order chi connectivity index (χ0) is 14.6. The summed E-state index contributed by atoms with van der Waals surface area (Å²) < 4.78 is 0. The van der Waals surface area contributed by atoms with Gasteiger partial charge < -0.3 is 15.3 Å². The minimum absolute atomic E-state index is 0.0377. The van der Waals surface area contributed by atoms with Crippen molar-refractivity contribution in [2.75, 3.05) is 13.6 Å². The van der Waals surface area contributed by atoms with Crippen LogP contribution in [0.25, 0.3) is 0 Å². The summed E-state index contributed by atoms with van der Waals surface area (Å²) in [5.41, 5.74) is -0.496. The van der Waals surface area contributed by atoms with Crippen LogP contribution < -0.4 is 5.32 Å². The van der Waals surface area contributed by atoms with Crippen LogP contribution >= 0.6 is 0 Å². The SMILES string of the molecule is CN(CC1CCCCC1)C(=O)NC1(CC(=O)O)CCC1. The van der Waals surface area contributed by atoms with Gasteiger partial charge in [-0.2, -0.15) is 0 Å². The Morgan fingerprint density at radius 2 is 1.85 bits per heavy atom. The van der Waals surface area contributed by atoms with E-state index in [1.165, 1.54) is 32.1 Å². The van der Waals surface area contributed by atoms with Crippen LogP contribution in [0.15, 0.2) is 0 Å². The van der Waals surface area contributed by atoms with Gasteiger partial charge in [0.1, 0.15) is 0 Å². The van der Waals surface area contributed by atoms with E-state index in [4.69, 9.17) is 5.11 Å². The summed E-state index contributed by atoms with van der Waals surface area (Å²) in [5, 5.41) is 11.9. The normalized spacial score (nSPS) is 21.9. The summed E-state index contributed by atoms with van der Waals surface area (Å²) in [6.45, 7) is 0.787. The number of carboxylic acid groups (broad SMARTS) is 1. The molecule has 2 rings (SSSR count). The maximum atomic E-state index is 12.2. The molecule has 0 spiro atoms. The molecular formula is C15H26N2O3. The number of aliphatic carboxylic acids is 1. The summed E-state index contributed by atoms with van der Waals surface area (Å²) in [4.78, 5) is 24.9. The topological polar surface area (TPSA) is 69.6 Å². The molecule has 0 heterocycles. The molecule has 0 aromatic heterocycles. The Kier molecular flexibility index (Phi) is 4.89. The zero-order valence-electron chi connectivity index (χ0n) is 12.4. The maximum Gasteiger partial charge on any atom is 0.317 e. The number of hydrogen-bond donors (Lipinski definition) is 2. The van der Waals surface area contributed by atoms with Crippen molar-refractivity contribution in [3.05, 3.63) is 0 Å². The van der Waals surface area contributed by atoms with Gasteiger partial charge in [-0.3, -0.25) is 4.79 Å². The van der Waals surface area contributed by atoms with Crippen LogP contribution in [0.5, 0.6) is 0 Å². The molecule has 0 aromatic rings. The molecular weight excluding hydrogens is 256 g/mol. The Bertz CT molecular complexity index is 360. The van der Waals surface area contributed by atoms with Crippen LogP contribution in [0.2, 0.25) is 0 Å². The molecule has 2 aliphatic rings. The third-order valence-corrected chi connectivity index (χ3v) is 4.78. The van der Waals surface area contributed by atoms with Crippen LogP contribution in [-0.2, 0) is 4.79 Å². The third-order valence-electron chi connectivity index (χ3n) is 4.78. The minimum atomic E-state index is -0.833. The van der Waals surface area contributed by atoms with Gasteiger partial charge in [0.25, 0.3) is 0 Å². The van der Waals surface area contributed by atoms with E-state index in [2.05, 4.69) is 5.32 Å². The Morgan fingerprint density at radius 3 is 2.35 bits per heavy atom. The van der Waals surface area contributed by atoms with Crippen molar-refractivity contribution in [2.45, 2.75) is 63.3 Å². The van der Waals surface area contributed by atoms with Crippen molar-refractivity contribution in [3.63, 3.8) is 0 Å². The maximum absolute atomic E-state index is 12.2. The highest BCUT2D eigenvalue weighted by Gasteiger charge is 2.41. The van der Waals surface area contributed by atoms with E-state index < -0.39 is 11.5 Å². The largest absolute Gasteiger partial charge is 0.481 e. The van der Waals surface area contributed by atoms with Crippen LogP contribution in [0.3, 0.4) is 0 Å². The smallest absolute Gasteiger partial charge is 0.317 e. The number of carboxylic acids is 1. The van der Waals surface area contributed by atoms with Crippen molar-refractivity contribution >= 4 is 12.0 Å². The highest BCUT2D eigenvalue weighted by atomic mass is 16.4. The number of carbonyl (C=O) groups is 2. The number of carbonyl (C=O) groups excluding carboxylic acids is 1. The lowest BCUT2D eigenvalue weighted by Crippen LogP contribution is -2.57. The highest BCUT2D eigenvalue weighted by molar-refractivity contribution is 5.77. The number of nitrogens with one attached hydrogen (secondary N) is 1. The Labute approximate surface area is 120 Å². The van der Waals surface area contributed by atoms with E-state index in [9.17, 15) is 9.59 Å². The van der Waals surface area contributed by atoms with Crippen molar-refractivity contribution < 1.29 is 14.7 Å².